The number of rotatable bonds is 0. The van der Waals surface area contributed by atoms with Gasteiger partial charge in [-0.3, -0.25) is 0 Å². The SMILES string of the molecule is [CH]1CCCCCCSSS1. The van der Waals surface area contributed by atoms with Crippen molar-refractivity contribution in [2.45, 2.75) is 32.1 Å². The molecule has 0 aromatic carbocycles. The molecule has 1 saturated heterocycles. The quantitative estimate of drug-likeness (QED) is 0.531. The van der Waals surface area contributed by atoms with E-state index in [4.69, 9.17) is 0 Å². The maximum absolute atomic E-state index is 2.34. The van der Waals surface area contributed by atoms with E-state index in [1.165, 1.54) is 37.9 Å². The van der Waals surface area contributed by atoms with E-state index in [9.17, 15) is 0 Å². The van der Waals surface area contributed by atoms with Gasteiger partial charge in [-0.25, -0.2) is 0 Å². The van der Waals surface area contributed by atoms with Gasteiger partial charge in [0, 0.05) is 11.5 Å². The van der Waals surface area contributed by atoms with Crippen molar-refractivity contribution in [3.05, 3.63) is 5.75 Å². The lowest BCUT2D eigenvalue weighted by Crippen LogP contribution is -1.81. The van der Waals surface area contributed by atoms with Gasteiger partial charge in [0.2, 0.25) is 0 Å². The van der Waals surface area contributed by atoms with Gasteiger partial charge in [-0.1, -0.05) is 40.9 Å². The lowest BCUT2D eigenvalue weighted by molar-refractivity contribution is 0.675. The van der Waals surface area contributed by atoms with Gasteiger partial charge in [-0.05, 0) is 22.7 Å². The molecule has 0 spiro atoms. The molecule has 0 N–H and O–H groups in total. The molecule has 1 rings (SSSR count). The Morgan fingerprint density at radius 3 is 2.90 bits per heavy atom. The maximum atomic E-state index is 2.34. The zero-order valence-electron chi connectivity index (χ0n) is 6.04. The summed E-state index contributed by atoms with van der Waals surface area (Å²) in [5, 5.41) is 0. The summed E-state index contributed by atoms with van der Waals surface area (Å²) in [5.41, 5.74) is 0. The van der Waals surface area contributed by atoms with E-state index in [1.807, 2.05) is 31.4 Å². The molecular weight excluding hydrogens is 180 g/mol. The van der Waals surface area contributed by atoms with E-state index in [1.54, 1.807) is 0 Å². The smallest absolute Gasteiger partial charge is 0.0287 e. The molecule has 59 valence electrons. The van der Waals surface area contributed by atoms with E-state index in [0.29, 0.717) is 0 Å². The van der Waals surface area contributed by atoms with E-state index in [0.717, 1.165) is 0 Å². The van der Waals surface area contributed by atoms with Crippen molar-refractivity contribution in [2.75, 3.05) is 5.75 Å². The van der Waals surface area contributed by atoms with Crippen LogP contribution in [0.15, 0.2) is 0 Å². The summed E-state index contributed by atoms with van der Waals surface area (Å²) >= 11 is 0. The van der Waals surface area contributed by atoms with Crippen LogP contribution in [-0.4, -0.2) is 5.75 Å². The van der Waals surface area contributed by atoms with E-state index < -0.39 is 0 Å². The van der Waals surface area contributed by atoms with Crippen LogP contribution in [0.1, 0.15) is 32.1 Å². The van der Waals surface area contributed by atoms with Crippen LogP contribution in [0.3, 0.4) is 0 Å². The predicted molar refractivity (Wildman–Crippen MR) is 55.0 cm³/mol. The molecule has 1 heterocycles. The Kier molecular flexibility index (Phi) is 6.16. The Morgan fingerprint density at radius 2 is 1.90 bits per heavy atom. The fourth-order valence-corrected chi connectivity index (χ4v) is 4.44. The normalized spacial score (nSPS) is 24.0. The summed E-state index contributed by atoms with van der Waals surface area (Å²) in [6.07, 6.45) is 6.99. The highest BCUT2D eigenvalue weighted by molar-refractivity contribution is 9.09. The highest BCUT2D eigenvalue weighted by Crippen LogP contribution is 2.38. The highest BCUT2D eigenvalue weighted by atomic mass is 33.5. The van der Waals surface area contributed by atoms with Crippen LogP contribution in [0.5, 0.6) is 0 Å². The van der Waals surface area contributed by atoms with Gasteiger partial charge in [-0.15, -0.1) is 0 Å². The van der Waals surface area contributed by atoms with E-state index in [2.05, 4.69) is 5.75 Å². The van der Waals surface area contributed by atoms with Crippen LogP contribution in [0, 0.1) is 5.75 Å². The predicted octanol–water partition coefficient (Wildman–Crippen LogP) is 4.14. The Labute approximate surface area is 75.1 Å². The van der Waals surface area contributed by atoms with Gasteiger partial charge in [0.05, 0.1) is 0 Å². The van der Waals surface area contributed by atoms with Crippen molar-refractivity contribution in [3.8, 4) is 0 Å². The Bertz CT molecular complexity index is 42.0. The standard InChI is InChI=1S/C7H13S3/c1-2-4-6-8-10-9-7-5-3-1/h6H,1-5,7H2. The summed E-state index contributed by atoms with van der Waals surface area (Å²) in [4.78, 5) is 0. The second-order valence-corrected chi connectivity index (χ2v) is 6.58. The third-order valence-electron chi connectivity index (χ3n) is 1.46. The first-order chi connectivity index (χ1) is 5.00. The van der Waals surface area contributed by atoms with Gasteiger partial charge in [0.15, 0.2) is 0 Å². The van der Waals surface area contributed by atoms with Gasteiger partial charge in [0.1, 0.15) is 0 Å². The molecule has 3 heteroatoms. The van der Waals surface area contributed by atoms with Gasteiger partial charge >= 0.3 is 0 Å². The molecule has 0 atom stereocenters. The molecule has 0 nitrogen and oxygen atoms in total. The van der Waals surface area contributed by atoms with Crippen molar-refractivity contribution in [1.29, 1.82) is 0 Å². The highest BCUT2D eigenvalue weighted by Gasteiger charge is 1.97. The first-order valence-corrected chi connectivity index (χ1v) is 7.48. The van der Waals surface area contributed by atoms with Crippen molar-refractivity contribution in [2.24, 2.45) is 0 Å². The second kappa shape index (κ2) is 6.74. The molecular formula is C7H13S3. The molecule has 0 unspecified atom stereocenters. The number of hydrogen-bond acceptors (Lipinski definition) is 3. The molecule has 10 heavy (non-hydrogen) atoms. The van der Waals surface area contributed by atoms with Crippen LogP contribution in [0.4, 0.5) is 0 Å². The van der Waals surface area contributed by atoms with E-state index in [-0.39, 0.29) is 0 Å². The average Bonchev–Trinajstić information content (AvgIpc) is 2.01. The topological polar surface area (TPSA) is 0 Å². The summed E-state index contributed by atoms with van der Waals surface area (Å²) in [6.45, 7) is 0. The van der Waals surface area contributed by atoms with Crippen molar-refractivity contribution < 1.29 is 0 Å². The fraction of sp³-hybridized carbons (Fsp3) is 0.857. The molecule has 0 bridgehead atoms. The third kappa shape index (κ3) is 4.80. The molecule has 0 saturated carbocycles. The van der Waals surface area contributed by atoms with Crippen LogP contribution < -0.4 is 0 Å². The minimum absolute atomic E-state index is 1.30. The van der Waals surface area contributed by atoms with Gasteiger partial charge in [-0.2, -0.15) is 0 Å². The fourth-order valence-electron chi connectivity index (χ4n) is 0.880. The molecule has 0 amide bonds. The molecule has 0 aromatic heterocycles. The lowest BCUT2D eigenvalue weighted by atomic mass is 10.2. The molecule has 1 aliphatic heterocycles. The Morgan fingerprint density at radius 1 is 1.00 bits per heavy atom. The average molecular weight is 193 g/mol. The molecule has 1 fully saturated rings. The summed E-state index contributed by atoms with van der Waals surface area (Å²) in [5.74, 6) is 3.68. The van der Waals surface area contributed by atoms with Crippen molar-refractivity contribution in [1.82, 2.24) is 0 Å². The van der Waals surface area contributed by atoms with E-state index >= 15 is 0 Å². The zero-order valence-corrected chi connectivity index (χ0v) is 8.49. The molecule has 0 aromatic rings. The second-order valence-electron chi connectivity index (χ2n) is 2.36. The summed E-state index contributed by atoms with van der Waals surface area (Å²) < 4.78 is 0. The first kappa shape index (κ1) is 9.14. The lowest BCUT2D eigenvalue weighted by Gasteiger charge is -2.04. The van der Waals surface area contributed by atoms with Crippen LogP contribution in [-0.2, 0) is 0 Å². The Balaban J connectivity index is 2.00. The summed E-state index contributed by atoms with van der Waals surface area (Å²) in [7, 11) is 5.84. The first-order valence-electron chi connectivity index (χ1n) is 3.77. The zero-order chi connectivity index (χ0) is 7.07. The monoisotopic (exact) mass is 193 g/mol. The number of hydrogen-bond donors (Lipinski definition) is 0. The summed E-state index contributed by atoms with van der Waals surface area (Å²) in [6, 6.07) is 0. The van der Waals surface area contributed by atoms with Gasteiger partial charge < -0.3 is 0 Å². The van der Waals surface area contributed by atoms with Crippen LogP contribution >= 0.6 is 31.4 Å². The maximum Gasteiger partial charge on any atom is 0.0287 e. The molecule has 1 aliphatic rings. The van der Waals surface area contributed by atoms with Crippen molar-refractivity contribution >= 4 is 31.4 Å². The minimum atomic E-state index is 1.30. The largest absolute Gasteiger partial charge is 0.0826 e. The molecule has 1 radical (unpaired) electrons. The van der Waals surface area contributed by atoms with Crippen LogP contribution in [0.2, 0.25) is 0 Å². The Hall–Kier alpha value is 1.05. The van der Waals surface area contributed by atoms with Gasteiger partial charge in [0.25, 0.3) is 0 Å². The third-order valence-corrected chi connectivity index (χ3v) is 5.46. The minimum Gasteiger partial charge on any atom is -0.0826 e. The van der Waals surface area contributed by atoms with Crippen LogP contribution in [0.25, 0.3) is 0 Å². The molecule has 0 aliphatic carbocycles. The van der Waals surface area contributed by atoms with Crippen molar-refractivity contribution in [3.63, 3.8) is 0 Å².